The van der Waals surface area contributed by atoms with Gasteiger partial charge in [0.05, 0.1) is 22.7 Å². The molecule has 8 heteroatoms. The van der Waals surface area contributed by atoms with Crippen LogP contribution in [0, 0.1) is 12.7 Å². The summed E-state index contributed by atoms with van der Waals surface area (Å²) >= 11 is 1.36. The predicted octanol–water partition coefficient (Wildman–Crippen LogP) is 1.56. The molecule has 0 saturated heterocycles. The molecule has 0 radical (unpaired) electrons. The van der Waals surface area contributed by atoms with Gasteiger partial charge in [0.2, 0.25) is 10.0 Å². The Hall–Kier alpha value is -1.35. The van der Waals surface area contributed by atoms with Crippen LogP contribution >= 0.6 is 11.3 Å². The maximum atomic E-state index is 13.2. The minimum atomic E-state index is -3.75. The van der Waals surface area contributed by atoms with Crippen molar-refractivity contribution in [2.45, 2.75) is 25.0 Å². The van der Waals surface area contributed by atoms with Gasteiger partial charge in [-0.15, -0.1) is 11.3 Å². The Morgan fingerprint density at radius 3 is 2.80 bits per heavy atom. The summed E-state index contributed by atoms with van der Waals surface area (Å²) in [5, 5.41) is 8.96. The maximum Gasteiger partial charge on any atom is 0.240 e. The highest BCUT2D eigenvalue weighted by Crippen LogP contribution is 2.17. The van der Waals surface area contributed by atoms with Crippen molar-refractivity contribution in [2.75, 3.05) is 0 Å². The standard InChI is InChI=1S/C12H13FN2O3S2/c1-8-12(19-7-14-8)5-15-20(17,18)10-2-3-11(13)9(4-10)6-16/h2-4,7,15-16H,5-6H2,1H3. The molecule has 0 unspecified atom stereocenters. The number of aliphatic hydroxyl groups excluding tert-OH is 1. The number of rotatable bonds is 5. The van der Waals surface area contributed by atoms with Crippen LogP contribution in [0.3, 0.4) is 0 Å². The second-order valence-corrected chi connectivity index (χ2v) is 6.80. The smallest absolute Gasteiger partial charge is 0.240 e. The Balaban J connectivity index is 2.20. The minimum absolute atomic E-state index is 0.0538. The second kappa shape index (κ2) is 5.96. The maximum absolute atomic E-state index is 13.2. The molecule has 1 aromatic carbocycles. The lowest BCUT2D eigenvalue weighted by Gasteiger charge is -2.08. The number of aromatic nitrogens is 1. The number of nitrogens with one attached hydrogen (secondary N) is 1. The number of aryl methyl sites for hydroxylation is 1. The zero-order chi connectivity index (χ0) is 14.8. The van der Waals surface area contributed by atoms with Crippen LogP contribution in [0.4, 0.5) is 4.39 Å². The summed E-state index contributed by atoms with van der Waals surface area (Å²) in [6, 6.07) is 3.31. The van der Waals surface area contributed by atoms with Crippen LogP contribution in [-0.2, 0) is 23.2 Å². The molecule has 2 aromatic rings. The first-order valence-corrected chi connectivity index (χ1v) is 8.08. The Kier molecular flexibility index (Phi) is 4.48. The molecule has 0 saturated carbocycles. The summed E-state index contributed by atoms with van der Waals surface area (Å²) in [5.41, 5.74) is 2.36. The molecule has 1 aromatic heterocycles. The van der Waals surface area contributed by atoms with E-state index < -0.39 is 22.4 Å². The zero-order valence-corrected chi connectivity index (χ0v) is 12.3. The van der Waals surface area contributed by atoms with Gasteiger partial charge in [0.1, 0.15) is 5.82 Å². The molecule has 0 spiro atoms. The number of benzene rings is 1. The molecule has 0 amide bonds. The van der Waals surface area contributed by atoms with E-state index in [4.69, 9.17) is 5.11 Å². The number of aliphatic hydroxyl groups is 1. The molecule has 0 bridgehead atoms. The lowest BCUT2D eigenvalue weighted by Crippen LogP contribution is -2.23. The van der Waals surface area contributed by atoms with E-state index in [0.717, 1.165) is 28.8 Å². The second-order valence-electron chi connectivity index (χ2n) is 4.10. The van der Waals surface area contributed by atoms with E-state index in [9.17, 15) is 12.8 Å². The van der Waals surface area contributed by atoms with E-state index in [1.165, 1.54) is 11.3 Å². The van der Waals surface area contributed by atoms with Crippen molar-refractivity contribution in [3.05, 3.63) is 45.7 Å². The van der Waals surface area contributed by atoms with Crippen LogP contribution in [0.15, 0.2) is 28.6 Å². The van der Waals surface area contributed by atoms with Crippen molar-refractivity contribution in [1.29, 1.82) is 0 Å². The van der Waals surface area contributed by atoms with Crippen LogP contribution < -0.4 is 4.72 Å². The van der Waals surface area contributed by atoms with Crippen LogP contribution in [0.2, 0.25) is 0 Å². The SMILES string of the molecule is Cc1ncsc1CNS(=O)(=O)c1ccc(F)c(CO)c1. The van der Waals surface area contributed by atoms with Crippen molar-refractivity contribution >= 4 is 21.4 Å². The normalized spacial score (nSPS) is 11.8. The molecular formula is C12H13FN2O3S2. The first-order valence-electron chi connectivity index (χ1n) is 5.72. The fraction of sp³-hybridized carbons (Fsp3) is 0.250. The molecule has 0 aliphatic rings. The molecule has 1 heterocycles. The van der Waals surface area contributed by atoms with Gasteiger partial charge in [-0.3, -0.25) is 0 Å². The van der Waals surface area contributed by atoms with Crippen molar-refractivity contribution in [2.24, 2.45) is 0 Å². The molecule has 2 N–H and O–H groups in total. The summed E-state index contributed by atoms with van der Waals surface area (Å²) in [7, 11) is -3.75. The molecule has 2 rings (SSSR count). The van der Waals surface area contributed by atoms with Crippen LogP contribution in [-0.4, -0.2) is 18.5 Å². The highest BCUT2D eigenvalue weighted by molar-refractivity contribution is 7.89. The van der Waals surface area contributed by atoms with Crippen molar-refractivity contribution in [3.8, 4) is 0 Å². The molecule has 0 atom stereocenters. The zero-order valence-electron chi connectivity index (χ0n) is 10.6. The van der Waals surface area contributed by atoms with Gasteiger partial charge in [-0.2, -0.15) is 0 Å². The van der Waals surface area contributed by atoms with Gasteiger partial charge in [-0.1, -0.05) is 0 Å². The number of sulfonamides is 1. The summed E-state index contributed by atoms with van der Waals surface area (Å²) < 4.78 is 39.8. The first-order chi connectivity index (χ1) is 9.44. The van der Waals surface area contributed by atoms with Crippen molar-refractivity contribution in [1.82, 2.24) is 9.71 Å². The Bertz CT molecular complexity index is 713. The lowest BCUT2D eigenvalue weighted by atomic mass is 10.2. The molecule has 20 heavy (non-hydrogen) atoms. The monoisotopic (exact) mass is 316 g/mol. The third-order valence-corrected chi connectivity index (χ3v) is 5.10. The topological polar surface area (TPSA) is 79.3 Å². The molecule has 0 fully saturated rings. The van der Waals surface area contributed by atoms with Gasteiger partial charge in [0.25, 0.3) is 0 Å². The predicted molar refractivity (Wildman–Crippen MR) is 73.2 cm³/mol. The molecular weight excluding hydrogens is 303 g/mol. The Morgan fingerprint density at radius 1 is 1.45 bits per heavy atom. The summed E-state index contributed by atoms with van der Waals surface area (Å²) in [4.78, 5) is 4.77. The summed E-state index contributed by atoms with van der Waals surface area (Å²) in [5.74, 6) is -0.634. The van der Waals surface area contributed by atoms with Gasteiger partial charge in [0, 0.05) is 17.0 Å². The number of nitrogens with zero attached hydrogens (tertiary/aromatic N) is 1. The van der Waals surface area contributed by atoms with Crippen LogP contribution in [0.5, 0.6) is 0 Å². The van der Waals surface area contributed by atoms with E-state index >= 15 is 0 Å². The number of thiazole rings is 1. The number of hydrogen-bond acceptors (Lipinski definition) is 5. The van der Waals surface area contributed by atoms with E-state index in [0.29, 0.717) is 0 Å². The highest BCUT2D eigenvalue weighted by Gasteiger charge is 2.16. The molecule has 5 nitrogen and oxygen atoms in total. The average Bonchev–Trinajstić information content (AvgIpc) is 2.82. The van der Waals surface area contributed by atoms with E-state index in [2.05, 4.69) is 9.71 Å². The van der Waals surface area contributed by atoms with Gasteiger partial charge < -0.3 is 5.11 Å². The Morgan fingerprint density at radius 2 is 2.20 bits per heavy atom. The number of halogens is 1. The van der Waals surface area contributed by atoms with Crippen LogP contribution in [0.25, 0.3) is 0 Å². The van der Waals surface area contributed by atoms with E-state index in [1.54, 1.807) is 12.4 Å². The van der Waals surface area contributed by atoms with Gasteiger partial charge in [-0.05, 0) is 25.1 Å². The third-order valence-electron chi connectivity index (χ3n) is 2.77. The largest absolute Gasteiger partial charge is 0.392 e. The minimum Gasteiger partial charge on any atom is -0.392 e. The summed E-state index contributed by atoms with van der Waals surface area (Å²) in [6.45, 7) is 1.37. The quantitative estimate of drug-likeness (QED) is 0.877. The van der Waals surface area contributed by atoms with Crippen molar-refractivity contribution < 1.29 is 17.9 Å². The van der Waals surface area contributed by atoms with Crippen LogP contribution in [0.1, 0.15) is 16.1 Å². The summed E-state index contributed by atoms with van der Waals surface area (Å²) in [6.07, 6.45) is 0. The Labute approximate surface area is 120 Å². The van der Waals surface area contributed by atoms with Gasteiger partial charge >= 0.3 is 0 Å². The van der Waals surface area contributed by atoms with Gasteiger partial charge in [-0.25, -0.2) is 22.5 Å². The molecule has 0 aliphatic carbocycles. The average molecular weight is 316 g/mol. The molecule has 0 aliphatic heterocycles. The molecule has 108 valence electrons. The van der Waals surface area contributed by atoms with E-state index in [-0.39, 0.29) is 17.0 Å². The lowest BCUT2D eigenvalue weighted by molar-refractivity contribution is 0.275. The number of hydrogen-bond donors (Lipinski definition) is 2. The van der Waals surface area contributed by atoms with Gasteiger partial charge in [0.15, 0.2) is 0 Å². The van der Waals surface area contributed by atoms with Crippen molar-refractivity contribution in [3.63, 3.8) is 0 Å². The third kappa shape index (κ3) is 3.21. The fourth-order valence-electron chi connectivity index (χ4n) is 1.58. The van der Waals surface area contributed by atoms with E-state index in [1.807, 2.05) is 0 Å². The first kappa shape index (κ1) is 15.0. The highest BCUT2D eigenvalue weighted by atomic mass is 32.2. The fourth-order valence-corrected chi connectivity index (χ4v) is 3.43.